The first-order valence-corrected chi connectivity index (χ1v) is 5.72. The number of nitrogens with zero attached hydrogens (tertiary/aromatic N) is 1. The number of carbonyl (C=O) groups is 1. The number of hydrogen-bond acceptors (Lipinski definition) is 2. The van der Waals surface area contributed by atoms with Gasteiger partial charge in [-0.2, -0.15) is 0 Å². The van der Waals surface area contributed by atoms with Crippen molar-refractivity contribution < 1.29 is 9.90 Å². The Morgan fingerprint density at radius 2 is 1.88 bits per heavy atom. The number of hydrogen-bond donors (Lipinski definition) is 1. The molecule has 84 valence electrons. The number of benzene rings is 1. The fraction of sp³-hybridized carbons (Fsp3) is 0.462. The smallest absolute Gasteiger partial charge is 0.335 e. The summed E-state index contributed by atoms with van der Waals surface area (Å²) >= 11 is 0. The molecule has 1 aliphatic heterocycles. The van der Waals surface area contributed by atoms with Crippen LogP contribution in [0.25, 0.3) is 0 Å². The van der Waals surface area contributed by atoms with Gasteiger partial charge in [0, 0.05) is 19.6 Å². The molecular formula is C13H15NO2. The Bertz CT molecular complexity index is 412. The highest BCUT2D eigenvalue weighted by atomic mass is 16.4. The molecule has 0 atom stereocenters. The van der Waals surface area contributed by atoms with Crippen LogP contribution in [0.2, 0.25) is 0 Å². The van der Waals surface area contributed by atoms with E-state index in [-0.39, 0.29) is 0 Å². The second kappa shape index (κ2) is 3.32. The van der Waals surface area contributed by atoms with Crippen LogP contribution in [0.15, 0.2) is 24.3 Å². The molecule has 3 nitrogen and oxygen atoms in total. The third-order valence-corrected chi connectivity index (χ3v) is 3.68. The van der Waals surface area contributed by atoms with Crippen molar-refractivity contribution in [3.63, 3.8) is 0 Å². The summed E-state index contributed by atoms with van der Waals surface area (Å²) < 4.78 is 0. The maximum atomic E-state index is 10.7. The number of rotatable bonds is 3. The number of aromatic carboxylic acids is 1. The zero-order valence-electron chi connectivity index (χ0n) is 9.15. The highest BCUT2D eigenvalue weighted by molar-refractivity contribution is 5.87. The van der Waals surface area contributed by atoms with Gasteiger partial charge in [-0.1, -0.05) is 12.1 Å². The van der Waals surface area contributed by atoms with E-state index >= 15 is 0 Å². The molecule has 1 saturated carbocycles. The molecule has 3 heteroatoms. The summed E-state index contributed by atoms with van der Waals surface area (Å²) in [4.78, 5) is 13.1. The Morgan fingerprint density at radius 3 is 2.38 bits per heavy atom. The van der Waals surface area contributed by atoms with Crippen LogP contribution < -0.4 is 0 Å². The fourth-order valence-corrected chi connectivity index (χ4v) is 2.52. The molecule has 2 aliphatic rings. The normalized spacial score (nSPS) is 21.8. The van der Waals surface area contributed by atoms with Crippen LogP contribution in [0.3, 0.4) is 0 Å². The van der Waals surface area contributed by atoms with E-state index in [1.54, 1.807) is 12.1 Å². The van der Waals surface area contributed by atoms with Crippen molar-refractivity contribution in [1.82, 2.24) is 4.90 Å². The molecule has 0 radical (unpaired) electrons. The summed E-state index contributed by atoms with van der Waals surface area (Å²) in [6.07, 6.45) is 2.81. The summed E-state index contributed by atoms with van der Waals surface area (Å²) in [7, 11) is 0. The first-order chi connectivity index (χ1) is 7.67. The molecular weight excluding hydrogens is 202 g/mol. The number of carboxylic acid groups (broad SMARTS) is 1. The van der Waals surface area contributed by atoms with Gasteiger partial charge in [0.25, 0.3) is 0 Å². The van der Waals surface area contributed by atoms with Crippen LogP contribution >= 0.6 is 0 Å². The van der Waals surface area contributed by atoms with Gasteiger partial charge in [0.05, 0.1) is 5.56 Å². The van der Waals surface area contributed by atoms with E-state index in [0.717, 1.165) is 6.54 Å². The van der Waals surface area contributed by atoms with Gasteiger partial charge in [-0.3, -0.25) is 4.90 Å². The summed E-state index contributed by atoms with van der Waals surface area (Å²) in [5, 5.41) is 8.78. The molecule has 1 heterocycles. The molecule has 3 rings (SSSR count). The van der Waals surface area contributed by atoms with Crippen molar-refractivity contribution in [3.8, 4) is 0 Å². The molecule has 1 aliphatic carbocycles. The standard InChI is InChI=1S/C13H15NO2/c15-12(16)11-3-1-10(2-4-11)7-14-8-13(9-14)5-6-13/h1-4H,5-9H2,(H,15,16). The van der Waals surface area contributed by atoms with Crippen molar-refractivity contribution in [2.45, 2.75) is 19.4 Å². The first-order valence-electron chi connectivity index (χ1n) is 5.72. The molecule has 1 saturated heterocycles. The van der Waals surface area contributed by atoms with E-state index in [1.807, 2.05) is 12.1 Å². The van der Waals surface area contributed by atoms with Gasteiger partial charge >= 0.3 is 5.97 Å². The molecule has 2 fully saturated rings. The van der Waals surface area contributed by atoms with Crippen molar-refractivity contribution in [1.29, 1.82) is 0 Å². The Morgan fingerprint density at radius 1 is 1.25 bits per heavy atom. The maximum absolute atomic E-state index is 10.7. The maximum Gasteiger partial charge on any atom is 0.335 e. The molecule has 1 spiro atoms. The van der Waals surface area contributed by atoms with Crippen LogP contribution in [-0.4, -0.2) is 29.1 Å². The van der Waals surface area contributed by atoms with Crippen LogP contribution in [0.5, 0.6) is 0 Å². The lowest BCUT2D eigenvalue weighted by atomic mass is 9.96. The quantitative estimate of drug-likeness (QED) is 0.841. The van der Waals surface area contributed by atoms with E-state index < -0.39 is 5.97 Å². The second-order valence-corrected chi connectivity index (χ2v) is 5.15. The molecule has 16 heavy (non-hydrogen) atoms. The van der Waals surface area contributed by atoms with Crippen molar-refractivity contribution in [2.75, 3.05) is 13.1 Å². The van der Waals surface area contributed by atoms with Gasteiger partial charge in [0.1, 0.15) is 0 Å². The molecule has 0 amide bonds. The number of likely N-dealkylation sites (tertiary alicyclic amines) is 1. The summed E-state index contributed by atoms with van der Waals surface area (Å²) in [5.41, 5.74) is 2.27. The third-order valence-electron chi connectivity index (χ3n) is 3.68. The molecule has 0 unspecified atom stereocenters. The Balaban J connectivity index is 1.60. The predicted octanol–water partition coefficient (Wildman–Crippen LogP) is 1.98. The largest absolute Gasteiger partial charge is 0.478 e. The minimum atomic E-state index is -0.854. The van der Waals surface area contributed by atoms with Crippen LogP contribution in [0.1, 0.15) is 28.8 Å². The summed E-state index contributed by atoms with van der Waals surface area (Å²) in [5.74, 6) is -0.854. The van der Waals surface area contributed by atoms with Crippen LogP contribution in [0.4, 0.5) is 0 Å². The highest BCUT2D eigenvalue weighted by Crippen LogP contribution is 2.53. The topological polar surface area (TPSA) is 40.5 Å². The fourth-order valence-electron chi connectivity index (χ4n) is 2.52. The van der Waals surface area contributed by atoms with E-state index in [0.29, 0.717) is 11.0 Å². The lowest BCUT2D eigenvalue weighted by Crippen LogP contribution is -2.47. The lowest BCUT2D eigenvalue weighted by Gasteiger charge is -2.40. The van der Waals surface area contributed by atoms with Crippen LogP contribution in [0, 0.1) is 5.41 Å². The minimum absolute atomic E-state index is 0.367. The number of carboxylic acids is 1. The third kappa shape index (κ3) is 1.71. The first kappa shape index (κ1) is 9.85. The monoisotopic (exact) mass is 217 g/mol. The highest BCUT2D eigenvalue weighted by Gasteiger charge is 2.51. The predicted molar refractivity (Wildman–Crippen MR) is 60.3 cm³/mol. The SMILES string of the molecule is O=C(O)c1ccc(CN2CC3(CC3)C2)cc1. The van der Waals surface area contributed by atoms with Gasteiger partial charge in [-0.05, 0) is 36.0 Å². The van der Waals surface area contributed by atoms with Gasteiger partial charge in [0.15, 0.2) is 0 Å². The Hall–Kier alpha value is -1.35. The van der Waals surface area contributed by atoms with Crippen molar-refractivity contribution in [2.24, 2.45) is 5.41 Å². The minimum Gasteiger partial charge on any atom is -0.478 e. The van der Waals surface area contributed by atoms with E-state index in [4.69, 9.17) is 5.11 Å². The van der Waals surface area contributed by atoms with Gasteiger partial charge in [0.2, 0.25) is 0 Å². The molecule has 1 N–H and O–H groups in total. The average molecular weight is 217 g/mol. The zero-order chi connectivity index (χ0) is 11.2. The molecule has 0 aromatic heterocycles. The lowest BCUT2D eigenvalue weighted by molar-refractivity contribution is 0.0696. The molecule has 0 bridgehead atoms. The van der Waals surface area contributed by atoms with E-state index in [2.05, 4.69) is 4.90 Å². The summed E-state index contributed by atoms with van der Waals surface area (Å²) in [6, 6.07) is 7.21. The molecule has 1 aromatic carbocycles. The molecule has 1 aromatic rings. The van der Waals surface area contributed by atoms with Crippen LogP contribution in [-0.2, 0) is 6.54 Å². The van der Waals surface area contributed by atoms with Crippen molar-refractivity contribution >= 4 is 5.97 Å². The average Bonchev–Trinajstić information content (AvgIpc) is 2.98. The van der Waals surface area contributed by atoms with Gasteiger partial charge in [-0.15, -0.1) is 0 Å². The van der Waals surface area contributed by atoms with E-state index in [9.17, 15) is 4.79 Å². The Labute approximate surface area is 94.7 Å². The van der Waals surface area contributed by atoms with Gasteiger partial charge < -0.3 is 5.11 Å². The van der Waals surface area contributed by atoms with E-state index in [1.165, 1.54) is 31.5 Å². The van der Waals surface area contributed by atoms with Gasteiger partial charge in [-0.25, -0.2) is 4.79 Å². The van der Waals surface area contributed by atoms with Crippen molar-refractivity contribution in [3.05, 3.63) is 35.4 Å². The summed E-state index contributed by atoms with van der Waals surface area (Å²) in [6.45, 7) is 3.42. The second-order valence-electron chi connectivity index (χ2n) is 5.15. The Kier molecular flexibility index (Phi) is 2.04. The zero-order valence-corrected chi connectivity index (χ0v) is 9.15.